The number of amides is 2. The van der Waals surface area contributed by atoms with E-state index in [9.17, 15) is 18.4 Å². The van der Waals surface area contributed by atoms with E-state index in [2.05, 4.69) is 11.4 Å². The number of hydrogen-bond donors (Lipinski definition) is 1. The van der Waals surface area contributed by atoms with Gasteiger partial charge in [0.2, 0.25) is 5.91 Å². The number of nitrogens with one attached hydrogen (secondary N) is 1. The molecule has 0 aromatic heterocycles. The molecule has 2 heterocycles. The van der Waals surface area contributed by atoms with Crippen LogP contribution in [0.1, 0.15) is 65.2 Å². The molecule has 5 nitrogen and oxygen atoms in total. The molecule has 1 saturated carbocycles. The maximum atomic E-state index is 13.7. The van der Waals surface area contributed by atoms with Gasteiger partial charge in [-0.25, -0.2) is 13.8 Å². The molecule has 2 amide bonds. The van der Waals surface area contributed by atoms with E-state index < -0.39 is 17.7 Å². The molecular weight excluding hydrogens is 414 g/mol. The number of hydrogen-bond acceptors (Lipinski definition) is 3. The Morgan fingerprint density at radius 2 is 1.78 bits per heavy atom. The Labute approximate surface area is 185 Å². The van der Waals surface area contributed by atoms with Crippen molar-refractivity contribution in [3.8, 4) is 0 Å². The van der Waals surface area contributed by atoms with Crippen LogP contribution in [0.3, 0.4) is 0 Å². The molecule has 2 aromatic carbocycles. The SMILES string of the molecule is O=C1NCc2ccc(CC3CCC(C(=O)N4OCC[C@H]4c4cc(F)cc(F)c4)CC3)cc21. The van der Waals surface area contributed by atoms with E-state index in [1.54, 1.807) is 0 Å². The van der Waals surface area contributed by atoms with Gasteiger partial charge in [0.05, 0.1) is 12.6 Å². The number of nitrogens with zero attached hydrogens (tertiary/aromatic N) is 1. The third-order valence-corrected chi connectivity index (χ3v) is 6.97. The number of carbonyl (C=O) groups excluding carboxylic acids is 2. The molecule has 32 heavy (non-hydrogen) atoms. The van der Waals surface area contributed by atoms with Gasteiger partial charge in [-0.2, -0.15) is 0 Å². The van der Waals surface area contributed by atoms with E-state index >= 15 is 0 Å². The van der Waals surface area contributed by atoms with E-state index in [1.807, 2.05) is 12.1 Å². The van der Waals surface area contributed by atoms with Crippen LogP contribution in [0.15, 0.2) is 36.4 Å². The standard InChI is InChI=1S/C25H26F2N2O3/c26-20-11-19(12-21(27)13-20)23-7-8-32-29(23)25(31)17-4-1-15(2-5-17)9-16-3-6-18-14-28-24(30)22(18)10-16/h3,6,10-13,15,17,23H,1-2,4-5,7-9,14H2,(H,28,30)/t15?,17?,23-/m0/s1. The van der Waals surface area contributed by atoms with Crippen LogP contribution in [-0.2, 0) is 22.6 Å². The lowest BCUT2D eigenvalue weighted by Crippen LogP contribution is -2.36. The maximum Gasteiger partial charge on any atom is 0.251 e. The maximum absolute atomic E-state index is 13.7. The van der Waals surface area contributed by atoms with Crippen LogP contribution >= 0.6 is 0 Å². The first-order valence-corrected chi connectivity index (χ1v) is 11.3. The predicted octanol–water partition coefficient (Wildman–Crippen LogP) is 4.46. The number of fused-ring (bicyclic) bond motifs is 1. The monoisotopic (exact) mass is 440 g/mol. The molecule has 2 aromatic rings. The zero-order chi connectivity index (χ0) is 22.2. The summed E-state index contributed by atoms with van der Waals surface area (Å²) < 4.78 is 27.3. The van der Waals surface area contributed by atoms with Gasteiger partial charge in [0.1, 0.15) is 11.6 Å². The lowest BCUT2D eigenvalue weighted by Gasteiger charge is -2.32. The van der Waals surface area contributed by atoms with Crippen molar-refractivity contribution < 1.29 is 23.2 Å². The van der Waals surface area contributed by atoms with Gasteiger partial charge >= 0.3 is 0 Å². The van der Waals surface area contributed by atoms with Crippen molar-refractivity contribution in [2.75, 3.05) is 6.61 Å². The first-order valence-electron chi connectivity index (χ1n) is 11.3. The fourth-order valence-corrected chi connectivity index (χ4v) is 5.27. The molecule has 1 N–H and O–H groups in total. The van der Waals surface area contributed by atoms with Crippen molar-refractivity contribution >= 4 is 11.8 Å². The summed E-state index contributed by atoms with van der Waals surface area (Å²) >= 11 is 0. The zero-order valence-corrected chi connectivity index (χ0v) is 17.8. The van der Waals surface area contributed by atoms with Crippen LogP contribution in [0.25, 0.3) is 0 Å². The predicted molar refractivity (Wildman–Crippen MR) is 113 cm³/mol. The molecular formula is C25H26F2N2O3. The van der Waals surface area contributed by atoms with E-state index in [-0.39, 0.29) is 17.7 Å². The third-order valence-electron chi connectivity index (χ3n) is 6.97. The second-order valence-corrected chi connectivity index (χ2v) is 9.10. The lowest BCUT2D eigenvalue weighted by molar-refractivity contribution is -0.183. The van der Waals surface area contributed by atoms with Gasteiger partial charge in [0.15, 0.2) is 0 Å². The van der Waals surface area contributed by atoms with Crippen molar-refractivity contribution in [2.24, 2.45) is 11.8 Å². The molecule has 1 saturated heterocycles. The molecule has 5 rings (SSSR count). The minimum absolute atomic E-state index is 0.00509. The first-order chi connectivity index (χ1) is 15.5. The smallest absolute Gasteiger partial charge is 0.251 e. The molecule has 0 spiro atoms. The largest absolute Gasteiger partial charge is 0.348 e. The Balaban J connectivity index is 1.20. The number of halogens is 2. The highest BCUT2D eigenvalue weighted by Crippen LogP contribution is 2.37. The summed E-state index contributed by atoms with van der Waals surface area (Å²) in [5, 5.41) is 4.19. The van der Waals surface area contributed by atoms with Crippen LogP contribution in [-0.4, -0.2) is 23.5 Å². The van der Waals surface area contributed by atoms with E-state index in [0.717, 1.165) is 54.9 Å². The van der Waals surface area contributed by atoms with Crippen LogP contribution in [0.2, 0.25) is 0 Å². The Hall–Kier alpha value is -2.80. The van der Waals surface area contributed by atoms with Gasteiger partial charge in [-0.05, 0) is 72.9 Å². The van der Waals surface area contributed by atoms with E-state index in [1.165, 1.54) is 17.2 Å². The molecule has 1 aliphatic carbocycles. The van der Waals surface area contributed by atoms with Crippen molar-refractivity contribution in [3.63, 3.8) is 0 Å². The van der Waals surface area contributed by atoms with Gasteiger partial charge in [-0.15, -0.1) is 0 Å². The van der Waals surface area contributed by atoms with Gasteiger partial charge in [0.25, 0.3) is 5.91 Å². The van der Waals surface area contributed by atoms with Crippen molar-refractivity contribution in [3.05, 3.63) is 70.3 Å². The molecule has 0 bridgehead atoms. The third kappa shape index (κ3) is 4.13. The summed E-state index contributed by atoms with van der Waals surface area (Å²) in [4.78, 5) is 30.7. The van der Waals surface area contributed by atoms with Crippen LogP contribution in [0.5, 0.6) is 0 Å². The van der Waals surface area contributed by atoms with Gasteiger partial charge in [0, 0.05) is 30.5 Å². The second-order valence-electron chi connectivity index (χ2n) is 9.10. The average Bonchev–Trinajstić information content (AvgIpc) is 3.41. The number of carbonyl (C=O) groups is 2. The van der Waals surface area contributed by atoms with Gasteiger partial charge in [-0.3, -0.25) is 14.4 Å². The number of benzene rings is 2. The summed E-state index contributed by atoms with van der Waals surface area (Å²) in [6.07, 6.45) is 4.79. The topological polar surface area (TPSA) is 58.6 Å². The highest BCUT2D eigenvalue weighted by atomic mass is 19.1. The Morgan fingerprint density at radius 1 is 1.03 bits per heavy atom. The van der Waals surface area contributed by atoms with Crippen molar-refractivity contribution in [1.82, 2.24) is 10.4 Å². The zero-order valence-electron chi connectivity index (χ0n) is 17.8. The van der Waals surface area contributed by atoms with Crippen molar-refractivity contribution in [2.45, 2.75) is 51.1 Å². The number of hydroxylamine groups is 2. The van der Waals surface area contributed by atoms with Crippen molar-refractivity contribution in [1.29, 1.82) is 0 Å². The highest BCUT2D eigenvalue weighted by Gasteiger charge is 2.37. The first kappa shape index (κ1) is 21.1. The van der Waals surface area contributed by atoms with Crippen LogP contribution < -0.4 is 5.32 Å². The van der Waals surface area contributed by atoms with Gasteiger partial charge in [-0.1, -0.05) is 12.1 Å². The minimum Gasteiger partial charge on any atom is -0.348 e. The minimum atomic E-state index is -0.649. The molecule has 168 valence electrons. The van der Waals surface area contributed by atoms with E-state index in [4.69, 9.17) is 4.84 Å². The molecule has 1 atom stereocenters. The quantitative estimate of drug-likeness (QED) is 0.764. The molecule has 2 aliphatic heterocycles. The summed E-state index contributed by atoms with van der Waals surface area (Å²) in [5.41, 5.74) is 3.41. The fraction of sp³-hybridized carbons (Fsp3) is 0.440. The molecule has 2 fully saturated rings. The summed E-state index contributed by atoms with van der Waals surface area (Å²) in [7, 11) is 0. The lowest BCUT2D eigenvalue weighted by atomic mass is 9.78. The van der Waals surface area contributed by atoms with E-state index in [0.29, 0.717) is 31.1 Å². The normalized spacial score (nSPS) is 25.0. The second kappa shape index (κ2) is 8.62. The average molecular weight is 440 g/mol. The Morgan fingerprint density at radius 3 is 2.53 bits per heavy atom. The molecule has 3 aliphatic rings. The molecule has 0 radical (unpaired) electrons. The summed E-state index contributed by atoms with van der Waals surface area (Å²) in [6.45, 7) is 0.958. The Bertz CT molecular complexity index is 1030. The molecule has 0 unspecified atom stereocenters. The highest BCUT2D eigenvalue weighted by molar-refractivity contribution is 5.98. The Kier molecular flexibility index (Phi) is 5.67. The van der Waals surface area contributed by atoms with Crippen LogP contribution in [0, 0.1) is 23.5 Å². The summed E-state index contributed by atoms with van der Waals surface area (Å²) in [5.74, 6) is -1.07. The summed E-state index contributed by atoms with van der Waals surface area (Å²) in [6, 6.07) is 9.04. The van der Waals surface area contributed by atoms with Crippen LogP contribution in [0.4, 0.5) is 8.78 Å². The van der Waals surface area contributed by atoms with Gasteiger partial charge < -0.3 is 5.32 Å². The molecule has 7 heteroatoms. The number of rotatable bonds is 4. The fourth-order valence-electron chi connectivity index (χ4n) is 5.27.